The maximum Gasteiger partial charge on any atom is 0.227 e. The highest BCUT2D eigenvalue weighted by molar-refractivity contribution is 7.91. The third-order valence-corrected chi connectivity index (χ3v) is 6.03. The molecule has 1 aromatic heterocycles. The van der Waals surface area contributed by atoms with Crippen LogP contribution in [0, 0.1) is 5.82 Å². The van der Waals surface area contributed by atoms with Crippen LogP contribution in [0.3, 0.4) is 0 Å². The van der Waals surface area contributed by atoms with Crippen molar-refractivity contribution in [2.45, 2.75) is 25.9 Å². The Balaban J connectivity index is 1.70. The van der Waals surface area contributed by atoms with E-state index in [1.165, 1.54) is 12.1 Å². The van der Waals surface area contributed by atoms with Crippen LogP contribution in [0.1, 0.15) is 18.9 Å². The van der Waals surface area contributed by atoms with Crippen LogP contribution in [0.4, 0.5) is 16.2 Å². The molecule has 1 fully saturated rings. The van der Waals surface area contributed by atoms with Crippen molar-refractivity contribution in [2.75, 3.05) is 28.3 Å². The number of nitrogens with zero attached hydrogens (tertiary/aromatic N) is 3. The Labute approximate surface area is 147 Å². The maximum absolute atomic E-state index is 12.9. The van der Waals surface area contributed by atoms with E-state index < -0.39 is 9.84 Å². The maximum atomic E-state index is 12.9. The van der Waals surface area contributed by atoms with Gasteiger partial charge in [-0.05, 0) is 37.1 Å². The van der Waals surface area contributed by atoms with E-state index >= 15 is 0 Å². The second-order valence-corrected chi connectivity index (χ2v) is 8.29. The van der Waals surface area contributed by atoms with Gasteiger partial charge >= 0.3 is 0 Å². The fourth-order valence-electron chi connectivity index (χ4n) is 2.96. The van der Waals surface area contributed by atoms with Gasteiger partial charge in [0.15, 0.2) is 9.84 Å². The number of halogens is 1. The summed E-state index contributed by atoms with van der Waals surface area (Å²) >= 11 is 0. The Morgan fingerprint density at radius 1 is 1.28 bits per heavy atom. The van der Waals surface area contributed by atoms with Gasteiger partial charge < -0.3 is 10.2 Å². The third kappa shape index (κ3) is 4.45. The molecule has 0 aliphatic carbocycles. The van der Waals surface area contributed by atoms with Crippen molar-refractivity contribution in [1.82, 2.24) is 9.97 Å². The Kier molecular flexibility index (Phi) is 5.17. The molecule has 1 aromatic carbocycles. The number of benzene rings is 1. The predicted molar refractivity (Wildman–Crippen MR) is 95.8 cm³/mol. The largest absolute Gasteiger partial charge is 0.366 e. The second kappa shape index (κ2) is 7.35. The molecule has 2 aromatic rings. The van der Waals surface area contributed by atoms with Crippen molar-refractivity contribution in [3.8, 4) is 0 Å². The van der Waals surface area contributed by atoms with E-state index in [0.29, 0.717) is 31.3 Å². The minimum absolute atomic E-state index is 0.0812. The molecule has 1 aliphatic rings. The van der Waals surface area contributed by atoms with Gasteiger partial charge in [-0.15, -0.1) is 0 Å². The molecule has 6 nitrogen and oxygen atoms in total. The molecule has 134 valence electrons. The lowest BCUT2D eigenvalue weighted by atomic mass is 10.2. The summed E-state index contributed by atoms with van der Waals surface area (Å²) in [5.74, 6) is 1.27. The second-order valence-electron chi connectivity index (χ2n) is 6.06. The summed E-state index contributed by atoms with van der Waals surface area (Å²) in [5, 5.41) is 3.19. The van der Waals surface area contributed by atoms with Gasteiger partial charge in [0.05, 0.1) is 11.5 Å². The lowest BCUT2D eigenvalue weighted by molar-refractivity contribution is 0.599. The fourth-order valence-corrected chi connectivity index (χ4v) is 4.69. The first-order chi connectivity index (χ1) is 12.0. The summed E-state index contributed by atoms with van der Waals surface area (Å²) in [6, 6.07) is 7.94. The summed E-state index contributed by atoms with van der Waals surface area (Å²) in [6.45, 7) is 3.12. The zero-order valence-corrected chi connectivity index (χ0v) is 14.8. The third-order valence-electron chi connectivity index (χ3n) is 4.28. The number of rotatable bonds is 6. The molecule has 0 bridgehead atoms. The summed E-state index contributed by atoms with van der Waals surface area (Å²) in [5.41, 5.74) is 0.941. The molecule has 2 heterocycles. The van der Waals surface area contributed by atoms with Crippen LogP contribution in [-0.2, 0) is 16.4 Å². The van der Waals surface area contributed by atoms with Gasteiger partial charge in [-0.2, -0.15) is 4.98 Å². The smallest absolute Gasteiger partial charge is 0.227 e. The molecule has 0 radical (unpaired) electrons. The number of sulfone groups is 1. The van der Waals surface area contributed by atoms with Crippen LogP contribution in [0.5, 0.6) is 0 Å². The normalized spacial score (nSPS) is 18.9. The van der Waals surface area contributed by atoms with Gasteiger partial charge in [-0.1, -0.05) is 12.1 Å². The Morgan fingerprint density at radius 3 is 2.68 bits per heavy atom. The van der Waals surface area contributed by atoms with E-state index in [-0.39, 0.29) is 23.4 Å². The van der Waals surface area contributed by atoms with Crippen LogP contribution >= 0.6 is 0 Å². The first-order valence-corrected chi connectivity index (χ1v) is 10.1. The van der Waals surface area contributed by atoms with Gasteiger partial charge in [0.2, 0.25) is 5.95 Å². The molecular formula is C17H21FN4O2S. The molecule has 1 saturated heterocycles. The van der Waals surface area contributed by atoms with Gasteiger partial charge in [-0.3, -0.25) is 0 Å². The number of aromatic nitrogens is 2. The van der Waals surface area contributed by atoms with E-state index in [4.69, 9.17) is 0 Å². The highest BCUT2D eigenvalue weighted by Crippen LogP contribution is 2.22. The van der Waals surface area contributed by atoms with E-state index in [9.17, 15) is 12.8 Å². The topological polar surface area (TPSA) is 75.2 Å². The van der Waals surface area contributed by atoms with E-state index in [1.54, 1.807) is 24.4 Å². The highest BCUT2D eigenvalue weighted by Gasteiger charge is 2.32. The van der Waals surface area contributed by atoms with Gasteiger partial charge in [0.1, 0.15) is 11.6 Å². The van der Waals surface area contributed by atoms with Crippen LogP contribution in [0.25, 0.3) is 0 Å². The lowest BCUT2D eigenvalue weighted by Gasteiger charge is -2.26. The Morgan fingerprint density at radius 2 is 2.04 bits per heavy atom. The highest BCUT2D eigenvalue weighted by atomic mass is 32.2. The molecule has 0 amide bonds. The zero-order chi connectivity index (χ0) is 17.9. The van der Waals surface area contributed by atoms with Gasteiger partial charge in [-0.25, -0.2) is 17.8 Å². The van der Waals surface area contributed by atoms with Crippen molar-refractivity contribution < 1.29 is 12.8 Å². The predicted octanol–water partition coefficient (Wildman–Crippen LogP) is 2.24. The molecule has 25 heavy (non-hydrogen) atoms. The number of nitrogens with one attached hydrogen (secondary N) is 1. The monoisotopic (exact) mass is 364 g/mol. The Hall–Kier alpha value is -2.22. The fraction of sp³-hybridized carbons (Fsp3) is 0.412. The van der Waals surface area contributed by atoms with Crippen molar-refractivity contribution >= 4 is 21.6 Å². The summed E-state index contributed by atoms with van der Waals surface area (Å²) in [6.07, 6.45) is 2.26. The lowest BCUT2D eigenvalue weighted by Crippen LogP contribution is -2.37. The average Bonchev–Trinajstić information content (AvgIpc) is 2.95. The molecule has 1 aliphatic heterocycles. The summed E-state index contributed by atoms with van der Waals surface area (Å²) < 4.78 is 36.4. The molecule has 3 rings (SSSR count). The van der Waals surface area contributed by atoms with Crippen LogP contribution in [-0.4, -0.2) is 42.5 Å². The molecule has 1 unspecified atom stereocenters. The number of anilines is 2. The number of hydrogen-bond donors (Lipinski definition) is 1. The van der Waals surface area contributed by atoms with E-state index in [1.807, 2.05) is 11.8 Å². The standard InChI is InChI=1S/C17H21FN4O2S/c1-2-22(15-8-10-25(23,24)12-15)17-19-9-7-16(21-17)20-11-13-3-5-14(18)6-4-13/h3-7,9,15H,2,8,10-12H2,1H3,(H,19,20,21). The van der Waals surface area contributed by atoms with Crippen molar-refractivity contribution in [3.05, 3.63) is 47.9 Å². The molecule has 1 N–H and O–H groups in total. The molecule has 8 heteroatoms. The quantitative estimate of drug-likeness (QED) is 0.847. The van der Waals surface area contributed by atoms with Crippen LogP contribution in [0.2, 0.25) is 0 Å². The van der Waals surface area contributed by atoms with Crippen LogP contribution < -0.4 is 10.2 Å². The van der Waals surface area contributed by atoms with Gasteiger partial charge in [0.25, 0.3) is 0 Å². The van der Waals surface area contributed by atoms with Crippen molar-refractivity contribution in [2.24, 2.45) is 0 Å². The molecule has 0 spiro atoms. The number of hydrogen-bond acceptors (Lipinski definition) is 6. The summed E-state index contributed by atoms with van der Waals surface area (Å²) in [4.78, 5) is 10.7. The SMILES string of the molecule is CCN(c1nccc(NCc2ccc(F)cc2)n1)C1CCS(=O)(=O)C1. The Bertz CT molecular complexity index is 827. The average molecular weight is 364 g/mol. The first kappa shape index (κ1) is 17.6. The minimum Gasteiger partial charge on any atom is -0.366 e. The van der Waals surface area contributed by atoms with Crippen molar-refractivity contribution in [1.29, 1.82) is 0 Å². The van der Waals surface area contributed by atoms with E-state index in [0.717, 1.165) is 5.56 Å². The molecule has 0 saturated carbocycles. The summed E-state index contributed by atoms with van der Waals surface area (Å²) in [7, 11) is -2.96. The van der Waals surface area contributed by atoms with Crippen LogP contribution in [0.15, 0.2) is 36.5 Å². The van der Waals surface area contributed by atoms with Gasteiger partial charge in [0, 0.05) is 25.3 Å². The zero-order valence-electron chi connectivity index (χ0n) is 14.0. The van der Waals surface area contributed by atoms with Crippen molar-refractivity contribution in [3.63, 3.8) is 0 Å². The minimum atomic E-state index is -2.96. The first-order valence-electron chi connectivity index (χ1n) is 8.25. The van der Waals surface area contributed by atoms with E-state index in [2.05, 4.69) is 15.3 Å². The molecular weight excluding hydrogens is 343 g/mol. The molecule has 1 atom stereocenters.